The first-order valence-corrected chi connectivity index (χ1v) is 9.63. The predicted molar refractivity (Wildman–Crippen MR) is 99.4 cm³/mol. The van der Waals surface area contributed by atoms with Gasteiger partial charge in [-0.05, 0) is 44.4 Å². The highest BCUT2D eigenvalue weighted by Gasteiger charge is 2.14. The molecule has 0 radical (unpaired) electrons. The third-order valence-electron chi connectivity index (χ3n) is 3.84. The minimum absolute atomic E-state index is 0.0735. The number of nitrogens with one attached hydrogen (secondary N) is 2. The van der Waals surface area contributed by atoms with Crippen molar-refractivity contribution in [2.75, 3.05) is 25.4 Å². The Bertz CT molecular complexity index is 537. The molecule has 1 aromatic rings. The summed E-state index contributed by atoms with van der Waals surface area (Å²) in [7, 11) is 0. The van der Waals surface area contributed by atoms with Crippen LogP contribution in [0.25, 0.3) is 0 Å². The van der Waals surface area contributed by atoms with E-state index >= 15 is 0 Å². The average molecular weight is 337 g/mol. The normalized spacial score (nSPS) is 18.1. The Kier molecular flexibility index (Phi) is 8.07. The molecule has 23 heavy (non-hydrogen) atoms. The Morgan fingerprint density at radius 1 is 1.39 bits per heavy atom. The Morgan fingerprint density at radius 3 is 3.04 bits per heavy atom. The van der Waals surface area contributed by atoms with E-state index in [0.717, 1.165) is 45.0 Å². The highest BCUT2D eigenvalue weighted by atomic mass is 32.2. The minimum atomic E-state index is 0.0735. The van der Waals surface area contributed by atoms with Crippen molar-refractivity contribution in [1.82, 2.24) is 15.2 Å². The molecule has 1 aliphatic heterocycles. The van der Waals surface area contributed by atoms with Crippen LogP contribution in [0.4, 0.5) is 0 Å². The van der Waals surface area contributed by atoms with Gasteiger partial charge in [0.05, 0.1) is 6.54 Å². The Morgan fingerprint density at radius 2 is 2.30 bits per heavy atom. The van der Waals surface area contributed by atoms with Crippen LogP contribution in [0.3, 0.4) is 0 Å². The van der Waals surface area contributed by atoms with Crippen LogP contribution in [0.2, 0.25) is 0 Å². The molecule has 0 aliphatic carbocycles. The fourth-order valence-electron chi connectivity index (χ4n) is 2.58. The molecule has 1 aromatic heterocycles. The SMILES string of the molecule is CCNC(=NCC1CCCS1)NCCCCn1ccccc1=O. The smallest absolute Gasteiger partial charge is 0.250 e. The molecule has 1 unspecified atom stereocenters. The molecule has 2 heterocycles. The van der Waals surface area contributed by atoms with Gasteiger partial charge < -0.3 is 15.2 Å². The van der Waals surface area contributed by atoms with E-state index in [9.17, 15) is 4.79 Å². The number of pyridine rings is 1. The third-order valence-corrected chi connectivity index (χ3v) is 5.22. The summed E-state index contributed by atoms with van der Waals surface area (Å²) in [6.45, 7) is 5.52. The van der Waals surface area contributed by atoms with Crippen LogP contribution < -0.4 is 16.2 Å². The molecule has 0 bridgehead atoms. The number of guanidine groups is 1. The summed E-state index contributed by atoms with van der Waals surface area (Å²) in [5.41, 5.74) is 0.0735. The van der Waals surface area contributed by atoms with E-state index in [0.29, 0.717) is 5.25 Å². The molecule has 2 rings (SSSR count). The van der Waals surface area contributed by atoms with Crippen molar-refractivity contribution in [1.29, 1.82) is 0 Å². The van der Waals surface area contributed by atoms with Crippen LogP contribution in [-0.4, -0.2) is 41.2 Å². The lowest BCUT2D eigenvalue weighted by atomic mass is 10.2. The summed E-state index contributed by atoms with van der Waals surface area (Å²) in [5, 5.41) is 7.38. The van der Waals surface area contributed by atoms with Crippen molar-refractivity contribution in [3.8, 4) is 0 Å². The van der Waals surface area contributed by atoms with Crippen molar-refractivity contribution in [3.63, 3.8) is 0 Å². The molecule has 1 aliphatic rings. The van der Waals surface area contributed by atoms with Crippen LogP contribution in [0, 0.1) is 0 Å². The molecule has 2 N–H and O–H groups in total. The summed E-state index contributed by atoms with van der Waals surface area (Å²) in [5.74, 6) is 2.19. The van der Waals surface area contributed by atoms with Crippen LogP contribution in [0.1, 0.15) is 32.6 Å². The van der Waals surface area contributed by atoms with Gasteiger partial charge in [-0.15, -0.1) is 0 Å². The highest BCUT2D eigenvalue weighted by Crippen LogP contribution is 2.25. The van der Waals surface area contributed by atoms with Crippen LogP contribution in [-0.2, 0) is 6.54 Å². The molecule has 5 nitrogen and oxygen atoms in total. The molecular formula is C17H28N4OS. The van der Waals surface area contributed by atoms with E-state index in [2.05, 4.69) is 22.5 Å². The van der Waals surface area contributed by atoms with E-state index in [-0.39, 0.29) is 5.56 Å². The van der Waals surface area contributed by atoms with E-state index in [1.165, 1.54) is 18.6 Å². The van der Waals surface area contributed by atoms with Crippen molar-refractivity contribution in [2.24, 2.45) is 4.99 Å². The molecule has 1 saturated heterocycles. The summed E-state index contributed by atoms with van der Waals surface area (Å²) >= 11 is 2.04. The minimum Gasteiger partial charge on any atom is -0.357 e. The van der Waals surface area contributed by atoms with Crippen molar-refractivity contribution < 1.29 is 0 Å². The second-order valence-electron chi connectivity index (χ2n) is 5.72. The number of hydrogen-bond acceptors (Lipinski definition) is 3. The van der Waals surface area contributed by atoms with Gasteiger partial charge >= 0.3 is 0 Å². The van der Waals surface area contributed by atoms with Gasteiger partial charge in [0.1, 0.15) is 0 Å². The van der Waals surface area contributed by atoms with Gasteiger partial charge in [-0.2, -0.15) is 11.8 Å². The number of aromatic nitrogens is 1. The number of thioether (sulfide) groups is 1. The Hall–Kier alpha value is -1.43. The number of aliphatic imine (C=N–C) groups is 1. The number of nitrogens with zero attached hydrogens (tertiary/aromatic N) is 2. The van der Waals surface area contributed by atoms with Gasteiger partial charge in [-0.25, -0.2) is 0 Å². The number of hydrogen-bond donors (Lipinski definition) is 2. The fourth-order valence-corrected chi connectivity index (χ4v) is 3.76. The number of unbranched alkanes of at least 4 members (excludes halogenated alkanes) is 1. The lowest BCUT2D eigenvalue weighted by Gasteiger charge is -2.13. The summed E-state index contributed by atoms with van der Waals surface area (Å²) in [6.07, 6.45) is 6.46. The van der Waals surface area contributed by atoms with Crippen LogP contribution in [0.5, 0.6) is 0 Å². The molecule has 0 spiro atoms. The Balaban J connectivity index is 1.66. The second-order valence-corrected chi connectivity index (χ2v) is 7.13. The molecule has 128 valence electrons. The number of aryl methyl sites for hydroxylation is 1. The zero-order valence-corrected chi connectivity index (χ0v) is 14.8. The van der Waals surface area contributed by atoms with Gasteiger partial charge in [-0.1, -0.05) is 6.07 Å². The first kappa shape index (κ1) is 17.9. The molecule has 0 aromatic carbocycles. The van der Waals surface area contributed by atoms with Gasteiger partial charge in [0.25, 0.3) is 0 Å². The fraction of sp³-hybridized carbons (Fsp3) is 0.647. The average Bonchev–Trinajstić information content (AvgIpc) is 3.07. The molecule has 1 atom stereocenters. The first-order valence-electron chi connectivity index (χ1n) is 8.59. The summed E-state index contributed by atoms with van der Waals surface area (Å²) in [4.78, 5) is 16.3. The lowest BCUT2D eigenvalue weighted by molar-refractivity contribution is 0.585. The van der Waals surface area contributed by atoms with Gasteiger partial charge in [0.2, 0.25) is 5.56 Å². The molecule has 6 heteroatoms. The molecule has 1 fully saturated rings. The van der Waals surface area contributed by atoms with E-state index in [4.69, 9.17) is 0 Å². The maximum Gasteiger partial charge on any atom is 0.250 e. The van der Waals surface area contributed by atoms with E-state index in [1.807, 2.05) is 24.0 Å². The van der Waals surface area contributed by atoms with E-state index < -0.39 is 0 Å². The summed E-state index contributed by atoms with van der Waals surface area (Å²) < 4.78 is 1.76. The Labute approximate surface area is 143 Å². The maximum absolute atomic E-state index is 11.6. The van der Waals surface area contributed by atoms with Crippen LogP contribution in [0.15, 0.2) is 34.2 Å². The summed E-state index contributed by atoms with van der Waals surface area (Å²) in [6, 6.07) is 5.29. The molecule has 0 amide bonds. The molecular weight excluding hydrogens is 308 g/mol. The quantitative estimate of drug-likeness (QED) is 0.433. The zero-order chi connectivity index (χ0) is 16.3. The predicted octanol–water partition coefficient (Wildman–Crippen LogP) is 2.08. The first-order chi connectivity index (χ1) is 11.3. The van der Waals surface area contributed by atoms with Crippen molar-refractivity contribution >= 4 is 17.7 Å². The van der Waals surface area contributed by atoms with E-state index in [1.54, 1.807) is 16.7 Å². The van der Waals surface area contributed by atoms with Gasteiger partial charge in [0.15, 0.2) is 5.96 Å². The highest BCUT2D eigenvalue weighted by molar-refractivity contribution is 8.00. The monoisotopic (exact) mass is 336 g/mol. The van der Waals surface area contributed by atoms with Crippen molar-refractivity contribution in [3.05, 3.63) is 34.7 Å². The standard InChI is InChI=1S/C17H28N4OS/c1-2-18-17(20-14-15-8-7-13-23-15)19-10-4-6-12-21-11-5-3-9-16(21)22/h3,5,9,11,15H,2,4,6-8,10,12-14H2,1H3,(H2,18,19,20). The second kappa shape index (κ2) is 10.4. The van der Waals surface area contributed by atoms with Crippen molar-refractivity contribution in [2.45, 2.75) is 44.4 Å². The molecule has 0 saturated carbocycles. The van der Waals surface area contributed by atoms with Gasteiger partial charge in [0, 0.05) is 37.1 Å². The lowest BCUT2D eigenvalue weighted by Crippen LogP contribution is -2.38. The number of rotatable bonds is 8. The zero-order valence-electron chi connectivity index (χ0n) is 14.0. The largest absolute Gasteiger partial charge is 0.357 e. The maximum atomic E-state index is 11.6. The topological polar surface area (TPSA) is 58.4 Å². The van der Waals surface area contributed by atoms with Gasteiger partial charge in [-0.3, -0.25) is 9.79 Å². The van der Waals surface area contributed by atoms with Crippen LogP contribution >= 0.6 is 11.8 Å². The third kappa shape index (κ3) is 6.69.